The van der Waals surface area contributed by atoms with E-state index >= 15 is 0 Å². The number of ether oxygens (including phenoxy) is 4. The number of hydrogen-bond donors (Lipinski definition) is 8. The molecular weight excluding hydrogens is 774 g/mol. The Balaban J connectivity index is 0.00000585. The number of carbonyl (C=O) groups is 4. The molecular formula is C42H65NO16. The Morgan fingerprint density at radius 2 is 1.31 bits per heavy atom. The van der Waals surface area contributed by atoms with Crippen molar-refractivity contribution in [1.29, 1.82) is 0 Å². The summed E-state index contributed by atoms with van der Waals surface area (Å²) >= 11 is 0. The molecule has 19 atom stereocenters. The van der Waals surface area contributed by atoms with Crippen LogP contribution in [0.5, 0.6) is 0 Å². The maximum atomic E-state index is 14.8. The first-order chi connectivity index (χ1) is 26.8. The van der Waals surface area contributed by atoms with Crippen molar-refractivity contribution in [2.75, 3.05) is 0 Å². The molecule has 0 spiro atoms. The Labute approximate surface area is 344 Å². The first kappa shape index (κ1) is 45.9. The third-order valence-corrected chi connectivity index (χ3v) is 17.2. The largest absolute Gasteiger partial charge is 0.550 e. The highest BCUT2D eigenvalue weighted by Gasteiger charge is 2.70. The van der Waals surface area contributed by atoms with Gasteiger partial charge in [0.15, 0.2) is 30.6 Å². The maximum Gasteiger partial charge on any atom is 0.335 e. The molecule has 0 amide bonds. The van der Waals surface area contributed by atoms with Gasteiger partial charge in [-0.3, -0.25) is 4.79 Å². The fourth-order valence-electron chi connectivity index (χ4n) is 13.4. The number of rotatable bonds is 7. The zero-order valence-corrected chi connectivity index (χ0v) is 35.3. The minimum absolute atomic E-state index is 0. The molecule has 4 saturated carbocycles. The summed E-state index contributed by atoms with van der Waals surface area (Å²) in [7, 11) is 0. The normalized spacial score (nSPS) is 51.7. The van der Waals surface area contributed by atoms with Crippen LogP contribution in [0, 0.1) is 50.2 Å². The third-order valence-electron chi connectivity index (χ3n) is 17.2. The van der Waals surface area contributed by atoms with Crippen LogP contribution in [-0.2, 0) is 38.1 Å². The van der Waals surface area contributed by atoms with Crippen molar-refractivity contribution in [3.63, 3.8) is 0 Å². The van der Waals surface area contributed by atoms with Crippen molar-refractivity contribution in [3.05, 3.63) is 11.6 Å². The second-order valence-electron chi connectivity index (χ2n) is 20.6. The lowest BCUT2D eigenvalue weighted by Crippen LogP contribution is -2.68. The van der Waals surface area contributed by atoms with Crippen molar-refractivity contribution in [1.82, 2.24) is 6.15 Å². The lowest BCUT2D eigenvalue weighted by atomic mass is 9.33. The molecule has 0 bridgehead atoms. The van der Waals surface area contributed by atoms with Gasteiger partial charge in [-0.25, -0.2) is 9.59 Å². The predicted molar refractivity (Wildman–Crippen MR) is 203 cm³/mol. The molecule has 0 unspecified atom stereocenters. The van der Waals surface area contributed by atoms with Crippen molar-refractivity contribution < 1.29 is 79.0 Å². The van der Waals surface area contributed by atoms with E-state index in [0.29, 0.717) is 38.5 Å². The highest BCUT2D eigenvalue weighted by molar-refractivity contribution is 5.95. The van der Waals surface area contributed by atoms with Gasteiger partial charge in [0, 0.05) is 17.3 Å². The molecule has 5 aliphatic carbocycles. The van der Waals surface area contributed by atoms with Crippen molar-refractivity contribution >= 4 is 23.7 Å². The number of carboxylic acids is 3. The number of aliphatic hydroxyl groups excluding tert-OH is 5. The van der Waals surface area contributed by atoms with Gasteiger partial charge in [-0.2, -0.15) is 0 Å². The fraction of sp³-hybridized carbons (Fsp3) is 0.857. The van der Waals surface area contributed by atoms with Crippen molar-refractivity contribution in [2.24, 2.45) is 50.2 Å². The van der Waals surface area contributed by atoms with E-state index in [-0.39, 0.29) is 40.5 Å². The number of aliphatic carboxylic acids is 3. The average Bonchev–Trinajstić information content (AvgIpc) is 3.13. The quantitative estimate of drug-likeness (QED) is 0.168. The molecule has 0 aromatic heterocycles. The SMILES string of the molecule is CC1(C)[C@@H](O[C@@H]2O[C@H](C(=O)O)[C@@H](O)[C@H](O)[C@H]2O[C@@H]2O[C@H](C(=O)O)[C@@H](O)[C@H](O)[C@H]2O)CC[C@]2(C)[C@H]3C(=O)C=C4[C@@H]5C[C@@](C)(C(=O)[O-])CC[C@]5(C)CC[C@@]4(C)[C@]3(C)CC[C@@H]12.[NH4+]. The number of allylic oxidation sites excluding steroid dienone is 2. The molecule has 17 heteroatoms. The number of quaternary nitrogens is 1. The summed E-state index contributed by atoms with van der Waals surface area (Å²) in [5.41, 5.74) is -2.03. The molecule has 2 saturated heterocycles. The topological polar surface area (TPSA) is 306 Å². The Kier molecular flexibility index (Phi) is 11.7. The number of ketones is 1. The minimum Gasteiger partial charge on any atom is -0.550 e. The Morgan fingerprint density at radius 1 is 0.729 bits per heavy atom. The molecule has 59 heavy (non-hydrogen) atoms. The van der Waals surface area contributed by atoms with Crippen LogP contribution in [0.25, 0.3) is 0 Å². The van der Waals surface area contributed by atoms with Gasteiger partial charge >= 0.3 is 11.9 Å². The van der Waals surface area contributed by atoms with Gasteiger partial charge in [-0.05, 0) is 103 Å². The van der Waals surface area contributed by atoms with E-state index in [9.17, 15) is 60.0 Å². The zero-order chi connectivity index (χ0) is 42.9. The Morgan fingerprint density at radius 3 is 1.90 bits per heavy atom. The summed E-state index contributed by atoms with van der Waals surface area (Å²) in [6.07, 6.45) is -12.5. The Hall–Kier alpha value is -2.58. The van der Waals surface area contributed by atoms with Gasteiger partial charge in [0.25, 0.3) is 0 Å². The van der Waals surface area contributed by atoms with Crippen LogP contribution in [0.3, 0.4) is 0 Å². The number of hydrogen-bond acceptors (Lipinski definition) is 14. The second kappa shape index (κ2) is 15.1. The van der Waals surface area contributed by atoms with E-state index in [4.69, 9.17) is 18.9 Å². The summed E-state index contributed by atoms with van der Waals surface area (Å²) in [5, 5.41) is 85.1. The van der Waals surface area contributed by atoms with Gasteiger partial charge in [0.2, 0.25) is 0 Å². The average molecular weight is 840 g/mol. The molecule has 7 rings (SSSR count). The highest BCUT2D eigenvalue weighted by Crippen LogP contribution is 2.75. The van der Waals surface area contributed by atoms with E-state index in [0.717, 1.165) is 24.8 Å². The highest BCUT2D eigenvalue weighted by atomic mass is 16.8. The van der Waals surface area contributed by atoms with Crippen LogP contribution < -0.4 is 11.3 Å². The third kappa shape index (κ3) is 6.72. The van der Waals surface area contributed by atoms with Gasteiger partial charge in [-0.15, -0.1) is 0 Å². The van der Waals surface area contributed by atoms with Crippen LogP contribution in [-0.4, -0.2) is 127 Å². The summed E-state index contributed by atoms with van der Waals surface area (Å²) < 4.78 is 23.4. The van der Waals surface area contributed by atoms with Crippen LogP contribution in [0.4, 0.5) is 0 Å². The monoisotopic (exact) mass is 839 g/mol. The molecule has 2 aliphatic heterocycles. The van der Waals surface area contributed by atoms with E-state index in [1.165, 1.54) is 0 Å². The number of aliphatic hydroxyl groups is 5. The van der Waals surface area contributed by atoms with Gasteiger partial charge in [-0.1, -0.05) is 54.0 Å². The standard InChI is InChI=1S/C42H62O16.H3N/c1-37(2)21-8-11-42(7)31(20(43)16-18-19-17-39(4,36(53)54)13-12-38(19,3)14-15-41(18,42)6)40(21,5)10-9-22(37)55-35-30(26(47)25(46)29(57-35)33(51)52)58-34-27(48)23(44)24(45)28(56-34)32(49)50;/h16,19,21-31,34-35,44-48H,8-15,17H2,1-7H3,(H,49,50)(H,51,52)(H,53,54);1H3/t19-,21-,22-,23-,24-,25-,26-,27+,28-,29-,30+,31+,34-,35+,38+,39-,40-,41+,42+;/m0./s1. The smallest absolute Gasteiger partial charge is 0.335 e. The predicted octanol–water partition coefficient (Wildman–Crippen LogP) is 1.29. The lowest BCUT2D eigenvalue weighted by molar-refractivity contribution is -0.371. The molecule has 334 valence electrons. The first-order valence-corrected chi connectivity index (χ1v) is 20.7. The van der Waals surface area contributed by atoms with E-state index < -0.39 is 107 Å². The maximum absolute atomic E-state index is 14.8. The van der Waals surface area contributed by atoms with Crippen molar-refractivity contribution in [2.45, 2.75) is 174 Å². The van der Waals surface area contributed by atoms with Crippen LogP contribution >= 0.6 is 0 Å². The van der Waals surface area contributed by atoms with Crippen molar-refractivity contribution in [3.8, 4) is 0 Å². The molecule has 17 nitrogen and oxygen atoms in total. The fourth-order valence-corrected chi connectivity index (χ4v) is 13.4. The molecule has 0 aromatic rings. The lowest BCUT2D eigenvalue weighted by Gasteiger charge is -2.70. The van der Waals surface area contributed by atoms with Crippen LogP contribution in [0.2, 0.25) is 0 Å². The minimum atomic E-state index is -2.05. The number of carbonyl (C=O) groups excluding carboxylic acids is 2. The summed E-state index contributed by atoms with van der Waals surface area (Å²) in [6.45, 7) is 14.7. The molecule has 11 N–H and O–H groups in total. The van der Waals surface area contributed by atoms with E-state index in [2.05, 4.69) is 27.7 Å². The summed E-state index contributed by atoms with van der Waals surface area (Å²) in [4.78, 5) is 51.2. The second-order valence-corrected chi connectivity index (χ2v) is 20.6. The van der Waals surface area contributed by atoms with E-state index in [1.807, 2.05) is 19.9 Å². The first-order valence-electron chi connectivity index (χ1n) is 20.7. The molecule has 6 fully saturated rings. The zero-order valence-electron chi connectivity index (χ0n) is 35.3. The molecule has 2 heterocycles. The van der Waals surface area contributed by atoms with E-state index in [1.54, 1.807) is 6.92 Å². The van der Waals surface area contributed by atoms with Gasteiger partial charge in [0.05, 0.1) is 6.10 Å². The molecule has 7 aliphatic rings. The van der Waals surface area contributed by atoms with Crippen LogP contribution in [0.1, 0.15) is 106 Å². The number of fused-ring (bicyclic) bond motifs is 7. The van der Waals surface area contributed by atoms with Gasteiger partial charge < -0.3 is 70.7 Å². The Bertz CT molecular complexity index is 1740. The van der Waals surface area contributed by atoms with Gasteiger partial charge in [0.1, 0.15) is 36.6 Å². The molecule has 0 aromatic carbocycles. The summed E-state index contributed by atoms with van der Waals surface area (Å²) in [6, 6.07) is 0. The van der Waals surface area contributed by atoms with Crippen LogP contribution in [0.15, 0.2) is 11.6 Å². The summed E-state index contributed by atoms with van der Waals surface area (Å²) in [5.74, 6) is -4.80. The molecule has 0 radical (unpaired) electrons. The number of carboxylic acid groups (broad SMARTS) is 3.